The fourth-order valence-electron chi connectivity index (χ4n) is 2.32. The number of fused-ring (bicyclic) bond motifs is 1. The summed E-state index contributed by atoms with van der Waals surface area (Å²) in [5, 5.41) is 2.21. The Morgan fingerprint density at radius 2 is 1.36 bits per heavy atom. The molecule has 2 rings (SSSR count). The lowest BCUT2D eigenvalue weighted by atomic mass is 9.82. The van der Waals surface area contributed by atoms with E-state index < -0.39 is 0 Å². The number of esters is 1. The Bertz CT molecular complexity index is 772. The van der Waals surface area contributed by atoms with E-state index in [0.29, 0.717) is 5.41 Å². The zero-order valence-corrected chi connectivity index (χ0v) is 19.3. The molecular formula is C25H38O3. The van der Waals surface area contributed by atoms with Crippen LogP contribution in [0.3, 0.4) is 0 Å². The van der Waals surface area contributed by atoms with Gasteiger partial charge in [-0.25, -0.2) is 0 Å². The van der Waals surface area contributed by atoms with Gasteiger partial charge in [-0.2, -0.15) is 0 Å². The maximum Gasteiger partial charge on any atom is 0.309 e. The standard InChI is InChI=1S/C20H26O3.C5H12/c1-13(20(3,4)5)19(21)23-14(2)15-7-8-17-12-18(22-6)10-9-16(17)11-15;1-5(2,3)4/h7-14H,1-6H3;1-4H3. The summed E-state index contributed by atoms with van der Waals surface area (Å²) >= 11 is 0. The highest BCUT2D eigenvalue weighted by atomic mass is 16.5. The number of benzene rings is 2. The van der Waals surface area contributed by atoms with Crippen LogP contribution in [0.25, 0.3) is 10.8 Å². The normalized spacial score (nSPS) is 13.9. The largest absolute Gasteiger partial charge is 0.497 e. The Kier molecular flexibility index (Phi) is 8.10. The molecule has 2 aromatic carbocycles. The molecule has 0 aliphatic rings. The molecule has 2 atom stereocenters. The Morgan fingerprint density at radius 1 is 0.857 bits per heavy atom. The second-order valence-corrected chi connectivity index (χ2v) is 10.1. The van der Waals surface area contributed by atoms with E-state index in [2.05, 4.69) is 33.8 Å². The maximum atomic E-state index is 12.3. The van der Waals surface area contributed by atoms with E-state index in [1.165, 1.54) is 0 Å². The van der Waals surface area contributed by atoms with Crippen LogP contribution in [0.2, 0.25) is 0 Å². The van der Waals surface area contributed by atoms with Crippen molar-refractivity contribution < 1.29 is 14.3 Å². The van der Waals surface area contributed by atoms with Gasteiger partial charge in [0.1, 0.15) is 11.9 Å². The molecule has 0 radical (unpaired) electrons. The van der Waals surface area contributed by atoms with Crippen LogP contribution >= 0.6 is 0 Å². The molecule has 0 aliphatic heterocycles. The SMILES string of the molecule is CC(C)(C)C.COc1ccc2cc(C(C)OC(=O)C(C)C(C)(C)C)ccc2c1. The molecule has 0 heterocycles. The molecule has 0 fully saturated rings. The predicted octanol–water partition coefficient (Wildman–Crippen LogP) is 7.19. The van der Waals surface area contributed by atoms with Crippen molar-refractivity contribution in [3.63, 3.8) is 0 Å². The number of hydrogen-bond acceptors (Lipinski definition) is 3. The van der Waals surface area contributed by atoms with Crippen molar-refractivity contribution >= 4 is 16.7 Å². The minimum absolute atomic E-state index is 0.100. The fourth-order valence-corrected chi connectivity index (χ4v) is 2.32. The van der Waals surface area contributed by atoms with Gasteiger partial charge in [-0.3, -0.25) is 4.79 Å². The average Bonchev–Trinajstić information content (AvgIpc) is 2.57. The number of ether oxygens (including phenoxy) is 2. The van der Waals surface area contributed by atoms with Crippen LogP contribution in [0, 0.1) is 16.7 Å². The van der Waals surface area contributed by atoms with Gasteiger partial charge in [0.15, 0.2) is 0 Å². The summed E-state index contributed by atoms with van der Waals surface area (Å²) in [6.07, 6.45) is -0.265. The van der Waals surface area contributed by atoms with Crippen LogP contribution in [-0.2, 0) is 9.53 Å². The van der Waals surface area contributed by atoms with Crippen molar-refractivity contribution in [1.82, 2.24) is 0 Å². The van der Waals surface area contributed by atoms with Gasteiger partial charge < -0.3 is 9.47 Å². The minimum Gasteiger partial charge on any atom is -0.497 e. The quantitative estimate of drug-likeness (QED) is 0.522. The zero-order chi connectivity index (χ0) is 21.7. The van der Waals surface area contributed by atoms with E-state index in [9.17, 15) is 4.79 Å². The van der Waals surface area contributed by atoms with E-state index in [-0.39, 0.29) is 23.4 Å². The third-order valence-corrected chi connectivity index (χ3v) is 4.49. The average molecular weight is 387 g/mol. The van der Waals surface area contributed by atoms with Crippen LogP contribution in [-0.4, -0.2) is 13.1 Å². The first-order chi connectivity index (χ1) is 12.7. The molecule has 3 heteroatoms. The van der Waals surface area contributed by atoms with Crippen LogP contribution in [0.5, 0.6) is 5.75 Å². The smallest absolute Gasteiger partial charge is 0.309 e. The van der Waals surface area contributed by atoms with Crippen LogP contribution in [0.4, 0.5) is 0 Å². The lowest BCUT2D eigenvalue weighted by Gasteiger charge is -2.27. The fraction of sp³-hybridized carbons (Fsp3) is 0.560. The highest BCUT2D eigenvalue weighted by molar-refractivity contribution is 5.84. The van der Waals surface area contributed by atoms with Crippen molar-refractivity contribution in [3.05, 3.63) is 42.0 Å². The van der Waals surface area contributed by atoms with Crippen LogP contribution in [0.1, 0.15) is 74.0 Å². The number of rotatable bonds is 4. The van der Waals surface area contributed by atoms with Crippen molar-refractivity contribution in [3.8, 4) is 5.75 Å². The molecular weight excluding hydrogens is 348 g/mol. The summed E-state index contributed by atoms with van der Waals surface area (Å²) in [6.45, 7) is 18.7. The summed E-state index contributed by atoms with van der Waals surface area (Å²) in [5.41, 5.74) is 1.40. The van der Waals surface area contributed by atoms with Crippen LogP contribution in [0.15, 0.2) is 36.4 Å². The molecule has 2 unspecified atom stereocenters. The summed E-state index contributed by atoms with van der Waals surface area (Å²) in [5.74, 6) is 0.540. The third kappa shape index (κ3) is 7.92. The van der Waals surface area contributed by atoms with Crippen molar-refractivity contribution in [2.24, 2.45) is 16.7 Å². The molecule has 0 saturated heterocycles. The zero-order valence-electron chi connectivity index (χ0n) is 19.3. The summed E-state index contributed by atoms with van der Waals surface area (Å²) < 4.78 is 10.9. The molecule has 0 aliphatic carbocycles. The highest BCUT2D eigenvalue weighted by Gasteiger charge is 2.29. The Balaban J connectivity index is 0.000000696. The van der Waals surface area contributed by atoms with E-state index >= 15 is 0 Å². The predicted molar refractivity (Wildman–Crippen MR) is 119 cm³/mol. The Morgan fingerprint density at radius 3 is 1.86 bits per heavy atom. The first kappa shape index (κ1) is 24.0. The van der Waals surface area contributed by atoms with Crippen molar-refractivity contribution in [1.29, 1.82) is 0 Å². The van der Waals surface area contributed by atoms with Gasteiger partial charge in [0.05, 0.1) is 13.0 Å². The number of methoxy groups -OCH3 is 1. The molecule has 28 heavy (non-hydrogen) atoms. The summed E-state index contributed by atoms with van der Waals surface area (Å²) in [6, 6.07) is 12.0. The van der Waals surface area contributed by atoms with E-state index in [1.54, 1.807) is 7.11 Å². The van der Waals surface area contributed by atoms with Crippen LogP contribution < -0.4 is 4.74 Å². The summed E-state index contributed by atoms with van der Waals surface area (Å²) in [4.78, 5) is 12.3. The first-order valence-corrected chi connectivity index (χ1v) is 10.0. The van der Waals surface area contributed by atoms with Gasteiger partial charge >= 0.3 is 5.97 Å². The van der Waals surface area contributed by atoms with Gasteiger partial charge in [-0.15, -0.1) is 0 Å². The molecule has 2 aromatic rings. The minimum atomic E-state index is -0.265. The summed E-state index contributed by atoms with van der Waals surface area (Å²) in [7, 11) is 1.66. The molecule has 0 N–H and O–H groups in total. The second-order valence-electron chi connectivity index (χ2n) is 10.1. The van der Waals surface area contributed by atoms with E-state index in [0.717, 1.165) is 22.1 Å². The molecule has 0 bridgehead atoms. The highest BCUT2D eigenvalue weighted by Crippen LogP contribution is 2.30. The molecule has 0 saturated carbocycles. The van der Waals surface area contributed by atoms with Gasteiger partial charge in [0, 0.05) is 0 Å². The Labute approximate surface area is 171 Å². The third-order valence-electron chi connectivity index (χ3n) is 4.49. The van der Waals surface area contributed by atoms with Crippen molar-refractivity contribution in [2.75, 3.05) is 7.11 Å². The van der Waals surface area contributed by atoms with Gasteiger partial charge in [0.25, 0.3) is 0 Å². The lowest BCUT2D eigenvalue weighted by Crippen LogP contribution is -2.28. The van der Waals surface area contributed by atoms with Crippen molar-refractivity contribution in [2.45, 2.75) is 68.4 Å². The van der Waals surface area contributed by atoms with Gasteiger partial charge in [0.2, 0.25) is 0 Å². The first-order valence-electron chi connectivity index (χ1n) is 10.0. The molecule has 156 valence electrons. The molecule has 0 spiro atoms. The number of carbonyl (C=O) groups is 1. The Hall–Kier alpha value is -2.03. The lowest BCUT2D eigenvalue weighted by molar-refractivity contribution is -0.156. The second kappa shape index (κ2) is 9.45. The van der Waals surface area contributed by atoms with E-state index in [1.807, 2.05) is 65.0 Å². The molecule has 0 aromatic heterocycles. The number of hydrogen-bond donors (Lipinski definition) is 0. The topological polar surface area (TPSA) is 35.5 Å². The monoisotopic (exact) mass is 386 g/mol. The van der Waals surface area contributed by atoms with Gasteiger partial charge in [-0.1, -0.05) is 73.6 Å². The number of carbonyl (C=O) groups excluding carboxylic acids is 1. The molecule has 0 amide bonds. The van der Waals surface area contributed by atoms with E-state index in [4.69, 9.17) is 9.47 Å². The molecule has 3 nitrogen and oxygen atoms in total. The van der Waals surface area contributed by atoms with Gasteiger partial charge in [-0.05, 0) is 52.3 Å². The maximum absolute atomic E-state index is 12.3.